The van der Waals surface area contributed by atoms with Crippen molar-refractivity contribution < 1.29 is 14.3 Å². The molecule has 8 nitrogen and oxygen atoms in total. The lowest BCUT2D eigenvalue weighted by Gasteiger charge is -2.11. The molecule has 4 aromatic rings. The zero-order chi connectivity index (χ0) is 22.7. The molecule has 0 aliphatic heterocycles. The van der Waals surface area contributed by atoms with Crippen molar-refractivity contribution in [1.29, 1.82) is 0 Å². The number of pyridine rings is 2. The maximum Gasteiger partial charge on any atom is 0.269 e. The van der Waals surface area contributed by atoms with Gasteiger partial charge in [-0.15, -0.1) is 0 Å². The van der Waals surface area contributed by atoms with E-state index in [1.54, 1.807) is 55.7 Å². The molecule has 32 heavy (non-hydrogen) atoms. The van der Waals surface area contributed by atoms with Crippen LogP contribution in [0.4, 0.5) is 5.69 Å². The van der Waals surface area contributed by atoms with Gasteiger partial charge in [0.25, 0.3) is 11.8 Å². The summed E-state index contributed by atoms with van der Waals surface area (Å²) in [5.74, 6) is 0.444. The molecule has 2 heterocycles. The third kappa shape index (κ3) is 4.34. The van der Waals surface area contributed by atoms with Gasteiger partial charge in [-0.1, -0.05) is 12.1 Å². The third-order valence-electron chi connectivity index (χ3n) is 4.87. The van der Waals surface area contributed by atoms with E-state index in [4.69, 9.17) is 4.74 Å². The molecule has 0 aliphatic carbocycles. The average Bonchev–Trinajstić information content (AvgIpc) is 2.80. The van der Waals surface area contributed by atoms with Crippen molar-refractivity contribution in [2.45, 2.75) is 0 Å². The molecule has 0 fully saturated rings. The van der Waals surface area contributed by atoms with E-state index in [1.165, 1.54) is 23.9 Å². The van der Waals surface area contributed by atoms with Crippen LogP contribution in [0.15, 0.2) is 77.9 Å². The summed E-state index contributed by atoms with van der Waals surface area (Å²) in [6, 6.07) is 17.0. The van der Waals surface area contributed by atoms with Gasteiger partial charge in [-0.3, -0.25) is 19.4 Å². The molecule has 0 unspecified atom stereocenters. The van der Waals surface area contributed by atoms with E-state index in [9.17, 15) is 14.4 Å². The van der Waals surface area contributed by atoms with E-state index in [-0.39, 0.29) is 23.1 Å². The Bertz CT molecular complexity index is 1390. The molecule has 0 saturated carbocycles. The molecule has 0 aliphatic rings. The van der Waals surface area contributed by atoms with Crippen molar-refractivity contribution >= 4 is 28.3 Å². The minimum atomic E-state index is -0.303. The number of carbonyl (C=O) groups excluding carboxylic acids is 2. The smallest absolute Gasteiger partial charge is 0.269 e. The van der Waals surface area contributed by atoms with E-state index in [1.807, 2.05) is 12.1 Å². The topological polar surface area (TPSA) is 102 Å². The molecular formula is C24H20N4O4. The Morgan fingerprint density at radius 3 is 2.56 bits per heavy atom. The van der Waals surface area contributed by atoms with Crippen LogP contribution in [0.25, 0.3) is 10.8 Å². The molecule has 160 valence electrons. The first-order valence-electron chi connectivity index (χ1n) is 9.81. The summed E-state index contributed by atoms with van der Waals surface area (Å²) >= 11 is 0. The maximum absolute atomic E-state index is 12.9. The summed E-state index contributed by atoms with van der Waals surface area (Å²) in [6.07, 6.45) is 3.07. The van der Waals surface area contributed by atoms with Crippen molar-refractivity contribution in [2.75, 3.05) is 12.4 Å². The quantitative estimate of drug-likeness (QED) is 0.508. The second kappa shape index (κ2) is 8.73. The molecule has 0 spiro atoms. The highest BCUT2D eigenvalue weighted by Crippen LogP contribution is 2.28. The first-order chi connectivity index (χ1) is 15.4. The Morgan fingerprint density at radius 2 is 1.78 bits per heavy atom. The van der Waals surface area contributed by atoms with Crippen molar-refractivity contribution in [1.82, 2.24) is 14.9 Å². The zero-order valence-electron chi connectivity index (χ0n) is 17.5. The largest absolute Gasteiger partial charge is 0.457 e. The van der Waals surface area contributed by atoms with Gasteiger partial charge >= 0.3 is 0 Å². The lowest BCUT2D eigenvalue weighted by molar-refractivity contribution is 0.0957. The van der Waals surface area contributed by atoms with Crippen LogP contribution in [-0.2, 0) is 7.05 Å². The molecule has 0 bridgehead atoms. The van der Waals surface area contributed by atoms with Gasteiger partial charge in [-0.25, -0.2) is 0 Å². The fourth-order valence-corrected chi connectivity index (χ4v) is 3.25. The molecule has 2 N–H and O–H groups in total. The maximum atomic E-state index is 12.9. The number of benzene rings is 2. The third-order valence-corrected chi connectivity index (χ3v) is 4.87. The Balaban J connectivity index is 1.60. The van der Waals surface area contributed by atoms with Gasteiger partial charge in [0.1, 0.15) is 17.2 Å². The summed E-state index contributed by atoms with van der Waals surface area (Å²) < 4.78 is 7.29. The number of ether oxygens (including phenoxy) is 1. The van der Waals surface area contributed by atoms with Gasteiger partial charge in [-0.2, -0.15) is 0 Å². The molecule has 2 aromatic carbocycles. The van der Waals surface area contributed by atoms with Crippen molar-refractivity contribution in [3.8, 4) is 11.5 Å². The SMILES string of the molecule is CNC(=O)c1cc(Oc2ccc3c(C(=O)Nc4ccc(=O)n(C)c4)cccc3c2)ccn1. The monoisotopic (exact) mass is 428 g/mol. The number of fused-ring (bicyclic) bond motifs is 1. The number of nitrogens with one attached hydrogen (secondary N) is 2. The number of anilines is 1. The number of carbonyl (C=O) groups is 2. The number of aromatic nitrogens is 2. The van der Waals surface area contributed by atoms with Gasteiger partial charge in [0.2, 0.25) is 5.56 Å². The van der Waals surface area contributed by atoms with Gasteiger partial charge < -0.3 is 19.9 Å². The second-order valence-electron chi connectivity index (χ2n) is 7.07. The summed E-state index contributed by atoms with van der Waals surface area (Å²) in [5.41, 5.74) is 1.12. The van der Waals surface area contributed by atoms with E-state index in [0.29, 0.717) is 22.7 Å². The predicted octanol–water partition coefficient (Wildman–Crippen LogP) is 3.34. The standard InChI is InChI=1S/C24H20N4O4/c1-25-24(31)21-13-18(10-11-26-21)32-17-7-8-19-15(12-17)4-3-5-20(19)23(30)27-16-6-9-22(29)28(2)14-16/h3-14H,1-2H3,(H,25,31)(H,27,30). The summed E-state index contributed by atoms with van der Waals surface area (Å²) in [5, 5.41) is 6.91. The minimum absolute atomic E-state index is 0.155. The van der Waals surface area contributed by atoms with Gasteiger partial charge in [0, 0.05) is 44.2 Å². The van der Waals surface area contributed by atoms with E-state index >= 15 is 0 Å². The highest BCUT2D eigenvalue weighted by atomic mass is 16.5. The van der Waals surface area contributed by atoms with Gasteiger partial charge in [-0.05, 0) is 47.2 Å². The second-order valence-corrected chi connectivity index (χ2v) is 7.07. The molecule has 8 heteroatoms. The molecule has 2 aromatic heterocycles. The number of hydrogen-bond acceptors (Lipinski definition) is 5. The average molecular weight is 428 g/mol. The zero-order valence-corrected chi connectivity index (χ0v) is 17.5. The summed E-state index contributed by atoms with van der Waals surface area (Å²) in [7, 11) is 3.16. The number of hydrogen-bond donors (Lipinski definition) is 2. The van der Waals surface area contributed by atoms with E-state index in [2.05, 4.69) is 15.6 Å². The lowest BCUT2D eigenvalue weighted by Crippen LogP contribution is -2.18. The summed E-state index contributed by atoms with van der Waals surface area (Å²) in [6.45, 7) is 0. The number of aryl methyl sites for hydroxylation is 1. The molecule has 0 radical (unpaired) electrons. The Kier molecular flexibility index (Phi) is 5.67. The fraction of sp³-hybridized carbons (Fsp3) is 0.0833. The number of rotatable bonds is 5. The van der Waals surface area contributed by atoms with E-state index < -0.39 is 0 Å². The van der Waals surface area contributed by atoms with Crippen LogP contribution in [0, 0.1) is 0 Å². The van der Waals surface area contributed by atoms with Crippen LogP contribution in [0.1, 0.15) is 20.8 Å². The Morgan fingerprint density at radius 1 is 0.969 bits per heavy atom. The fourth-order valence-electron chi connectivity index (χ4n) is 3.25. The first kappa shape index (κ1) is 20.8. The predicted molar refractivity (Wildman–Crippen MR) is 121 cm³/mol. The van der Waals surface area contributed by atoms with Gasteiger partial charge in [0.05, 0.1) is 5.69 Å². The summed E-state index contributed by atoms with van der Waals surface area (Å²) in [4.78, 5) is 40.2. The first-order valence-corrected chi connectivity index (χ1v) is 9.81. The Hall–Kier alpha value is -4.46. The van der Waals surface area contributed by atoms with Crippen LogP contribution < -0.4 is 20.9 Å². The van der Waals surface area contributed by atoms with Crippen molar-refractivity contribution in [3.05, 3.63) is 94.7 Å². The number of amides is 2. The molecule has 2 amide bonds. The van der Waals surface area contributed by atoms with Crippen LogP contribution in [-0.4, -0.2) is 28.4 Å². The highest BCUT2D eigenvalue weighted by molar-refractivity contribution is 6.13. The van der Waals surface area contributed by atoms with Crippen LogP contribution in [0.5, 0.6) is 11.5 Å². The van der Waals surface area contributed by atoms with Crippen LogP contribution in [0.2, 0.25) is 0 Å². The lowest BCUT2D eigenvalue weighted by atomic mass is 10.0. The minimum Gasteiger partial charge on any atom is -0.457 e. The van der Waals surface area contributed by atoms with Crippen LogP contribution in [0.3, 0.4) is 0 Å². The van der Waals surface area contributed by atoms with Crippen LogP contribution >= 0.6 is 0 Å². The molecule has 0 atom stereocenters. The van der Waals surface area contributed by atoms with Crippen molar-refractivity contribution in [2.24, 2.45) is 7.05 Å². The molecule has 4 rings (SSSR count). The van der Waals surface area contributed by atoms with Gasteiger partial charge in [0.15, 0.2) is 0 Å². The van der Waals surface area contributed by atoms with E-state index in [0.717, 1.165) is 10.8 Å². The molecule has 0 saturated heterocycles. The highest BCUT2D eigenvalue weighted by Gasteiger charge is 2.12. The Labute approximate surface area is 183 Å². The number of nitrogens with zero attached hydrogens (tertiary/aromatic N) is 2. The normalized spacial score (nSPS) is 10.6. The van der Waals surface area contributed by atoms with Crippen molar-refractivity contribution in [3.63, 3.8) is 0 Å². The molecular weight excluding hydrogens is 408 g/mol.